The number of likely N-dealkylation sites (tertiary alicyclic amines) is 1. The van der Waals surface area contributed by atoms with E-state index in [1.807, 2.05) is 0 Å². The topological polar surface area (TPSA) is 3.24 Å². The molecule has 1 fully saturated rings. The molecule has 0 aromatic heterocycles. The molecule has 2 atom stereocenters. The van der Waals surface area contributed by atoms with Crippen LogP contribution in [0.15, 0.2) is 12.3 Å². The first kappa shape index (κ1) is 8.63. The van der Waals surface area contributed by atoms with Gasteiger partial charge in [0.05, 0.1) is 0 Å². The Bertz CT molecular complexity index is 151. The molecule has 1 rings (SSSR count). The summed E-state index contributed by atoms with van der Waals surface area (Å²) in [5.74, 6) is 1.55. The quantitative estimate of drug-likeness (QED) is 0.517. The van der Waals surface area contributed by atoms with Crippen molar-refractivity contribution in [1.29, 1.82) is 0 Å². The smallest absolute Gasteiger partial charge is 0.0174 e. The second-order valence-electron chi connectivity index (χ2n) is 3.94. The first-order valence-corrected chi connectivity index (χ1v) is 4.51. The molecule has 2 unspecified atom stereocenters. The summed E-state index contributed by atoms with van der Waals surface area (Å²) in [5, 5.41) is 0. The molecule has 1 heterocycles. The van der Waals surface area contributed by atoms with Gasteiger partial charge in [-0.25, -0.2) is 0 Å². The summed E-state index contributed by atoms with van der Waals surface area (Å²) in [6.07, 6.45) is 2.63. The third-order valence-electron chi connectivity index (χ3n) is 2.77. The van der Waals surface area contributed by atoms with E-state index >= 15 is 0 Å². The average Bonchev–Trinajstić information content (AvgIpc) is 2.05. The summed E-state index contributed by atoms with van der Waals surface area (Å²) in [5.41, 5.74) is 1.31. The molecular weight excluding hydrogens is 134 g/mol. The number of hydrogen-bond acceptors (Lipinski definition) is 1. The van der Waals surface area contributed by atoms with Crippen molar-refractivity contribution in [3.63, 3.8) is 0 Å². The van der Waals surface area contributed by atoms with E-state index in [-0.39, 0.29) is 0 Å². The Morgan fingerprint density at radius 3 is 2.73 bits per heavy atom. The third-order valence-corrected chi connectivity index (χ3v) is 2.77. The first-order valence-electron chi connectivity index (χ1n) is 4.51. The number of allylic oxidation sites excluding steroid dienone is 1. The summed E-state index contributed by atoms with van der Waals surface area (Å²) in [7, 11) is 2.15. The Morgan fingerprint density at radius 2 is 2.09 bits per heavy atom. The highest BCUT2D eigenvalue weighted by Crippen LogP contribution is 2.26. The minimum absolute atomic E-state index is 0.678. The van der Waals surface area contributed by atoms with Crippen molar-refractivity contribution in [3.8, 4) is 0 Å². The van der Waals surface area contributed by atoms with E-state index in [1.165, 1.54) is 25.1 Å². The van der Waals surface area contributed by atoms with Crippen LogP contribution in [0, 0.1) is 11.8 Å². The van der Waals surface area contributed by atoms with E-state index in [9.17, 15) is 0 Å². The lowest BCUT2D eigenvalue weighted by Gasteiger charge is -2.22. The van der Waals surface area contributed by atoms with Gasteiger partial charge in [-0.3, -0.25) is 0 Å². The summed E-state index contributed by atoms with van der Waals surface area (Å²) in [4.78, 5) is 2.30. The summed E-state index contributed by atoms with van der Waals surface area (Å²) < 4.78 is 0. The fourth-order valence-electron chi connectivity index (χ4n) is 1.79. The van der Waals surface area contributed by atoms with Crippen molar-refractivity contribution >= 4 is 0 Å². The lowest BCUT2D eigenvalue weighted by Crippen LogP contribution is -2.19. The van der Waals surface area contributed by atoms with Crippen molar-refractivity contribution in [2.45, 2.75) is 26.7 Å². The molecule has 1 aliphatic heterocycles. The van der Waals surface area contributed by atoms with Gasteiger partial charge in [-0.15, -0.1) is 0 Å². The zero-order chi connectivity index (χ0) is 8.43. The van der Waals surface area contributed by atoms with Gasteiger partial charge in [0.25, 0.3) is 0 Å². The van der Waals surface area contributed by atoms with Gasteiger partial charge in [-0.1, -0.05) is 20.4 Å². The average molecular weight is 153 g/mol. The van der Waals surface area contributed by atoms with Gasteiger partial charge in [0, 0.05) is 19.3 Å². The molecule has 0 aromatic rings. The van der Waals surface area contributed by atoms with Gasteiger partial charge < -0.3 is 4.90 Å². The molecule has 0 aromatic carbocycles. The normalized spacial score (nSPS) is 33.7. The van der Waals surface area contributed by atoms with Crippen LogP contribution in [0.25, 0.3) is 0 Å². The maximum atomic E-state index is 4.10. The van der Waals surface area contributed by atoms with Crippen molar-refractivity contribution in [2.24, 2.45) is 11.8 Å². The second kappa shape index (κ2) is 3.29. The van der Waals surface area contributed by atoms with E-state index in [0.717, 1.165) is 5.92 Å². The monoisotopic (exact) mass is 153 g/mol. The Balaban J connectivity index is 2.61. The van der Waals surface area contributed by atoms with Crippen LogP contribution in [0.2, 0.25) is 0 Å². The summed E-state index contributed by atoms with van der Waals surface area (Å²) in [6.45, 7) is 9.90. The molecule has 1 saturated heterocycles. The van der Waals surface area contributed by atoms with Crippen LogP contribution < -0.4 is 0 Å². The fourth-order valence-corrected chi connectivity index (χ4v) is 1.79. The molecule has 1 nitrogen and oxygen atoms in total. The van der Waals surface area contributed by atoms with E-state index in [1.54, 1.807) is 0 Å². The zero-order valence-corrected chi connectivity index (χ0v) is 7.93. The molecule has 0 radical (unpaired) electrons. The molecule has 0 N–H and O–H groups in total. The lowest BCUT2D eigenvalue weighted by atomic mass is 9.95. The molecule has 0 spiro atoms. The zero-order valence-electron chi connectivity index (χ0n) is 7.93. The molecule has 0 aliphatic carbocycles. The van der Waals surface area contributed by atoms with Gasteiger partial charge in [0.15, 0.2) is 0 Å². The molecule has 1 aliphatic rings. The number of rotatable bonds is 0. The second-order valence-corrected chi connectivity index (χ2v) is 3.94. The highest BCUT2D eigenvalue weighted by Gasteiger charge is 2.18. The van der Waals surface area contributed by atoms with Crippen LogP contribution in [-0.4, -0.2) is 18.5 Å². The molecule has 0 saturated carbocycles. The van der Waals surface area contributed by atoms with E-state index in [0.29, 0.717) is 5.92 Å². The van der Waals surface area contributed by atoms with Gasteiger partial charge in [0.2, 0.25) is 0 Å². The Morgan fingerprint density at radius 1 is 1.45 bits per heavy atom. The molecule has 0 bridgehead atoms. The lowest BCUT2D eigenvalue weighted by molar-refractivity contribution is 0.392. The standard InChI is InChI=1S/C10H19N/c1-8-5-6-11(4)10(3)9(2)7-8/h8-9H,3,5-7H2,1-2,4H3. The number of nitrogens with zero attached hydrogens (tertiary/aromatic N) is 1. The largest absolute Gasteiger partial charge is 0.378 e. The van der Waals surface area contributed by atoms with Crippen molar-refractivity contribution in [2.75, 3.05) is 13.6 Å². The predicted octanol–water partition coefficient (Wildman–Crippen LogP) is 2.50. The van der Waals surface area contributed by atoms with Crippen molar-refractivity contribution < 1.29 is 0 Å². The van der Waals surface area contributed by atoms with Crippen molar-refractivity contribution in [3.05, 3.63) is 12.3 Å². The first-order chi connectivity index (χ1) is 5.11. The van der Waals surface area contributed by atoms with Crippen LogP contribution in [-0.2, 0) is 0 Å². The Kier molecular flexibility index (Phi) is 2.58. The Hall–Kier alpha value is -0.460. The van der Waals surface area contributed by atoms with Crippen LogP contribution in [0.4, 0.5) is 0 Å². The van der Waals surface area contributed by atoms with E-state index in [2.05, 4.69) is 32.4 Å². The maximum Gasteiger partial charge on any atom is 0.0174 e. The minimum Gasteiger partial charge on any atom is -0.378 e. The summed E-state index contributed by atoms with van der Waals surface area (Å²) >= 11 is 0. The van der Waals surface area contributed by atoms with Crippen LogP contribution >= 0.6 is 0 Å². The molecule has 0 amide bonds. The minimum atomic E-state index is 0.678. The van der Waals surface area contributed by atoms with Crippen LogP contribution in [0.5, 0.6) is 0 Å². The molecule has 1 heteroatoms. The van der Waals surface area contributed by atoms with Gasteiger partial charge in [-0.05, 0) is 24.7 Å². The molecule has 64 valence electrons. The van der Waals surface area contributed by atoms with Gasteiger partial charge in [-0.2, -0.15) is 0 Å². The van der Waals surface area contributed by atoms with E-state index < -0.39 is 0 Å². The number of hydrogen-bond donors (Lipinski definition) is 0. The highest BCUT2D eigenvalue weighted by molar-refractivity contribution is 4.99. The Labute approximate surface area is 70.1 Å². The van der Waals surface area contributed by atoms with Crippen LogP contribution in [0.1, 0.15) is 26.7 Å². The maximum absolute atomic E-state index is 4.10. The SMILES string of the molecule is C=C1C(C)CC(C)CCN1C. The predicted molar refractivity (Wildman–Crippen MR) is 49.3 cm³/mol. The van der Waals surface area contributed by atoms with Crippen molar-refractivity contribution in [1.82, 2.24) is 4.90 Å². The fraction of sp³-hybridized carbons (Fsp3) is 0.800. The van der Waals surface area contributed by atoms with Crippen LogP contribution in [0.3, 0.4) is 0 Å². The molecule has 11 heavy (non-hydrogen) atoms. The highest BCUT2D eigenvalue weighted by atomic mass is 15.1. The van der Waals surface area contributed by atoms with E-state index in [4.69, 9.17) is 0 Å². The summed E-state index contributed by atoms with van der Waals surface area (Å²) in [6, 6.07) is 0. The van der Waals surface area contributed by atoms with Gasteiger partial charge >= 0.3 is 0 Å². The molecular formula is C10H19N. The third kappa shape index (κ3) is 1.98. The van der Waals surface area contributed by atoms with Gasteiger partial charge in [0.1, 0.15) is 0 Å².